The number of hydrogen-bond donors (Lipinski definition) is 2. The van der Waals surface area contributed by atoms with Crippen molar-refractivity contribution in [1.82, 2.24) is 15.0 Å². The molecule has 12 heteroatoms. The Kier molecular flexibility index (Phi) is 5.79. The second-order valence-electron chi connectivity index (χ2n) is 6.12. The summed E-state index contributed by atoms with van der Waals surface area (Å²) in [5.74, 6) is 1.03. The third-order valence-electron chi connectivity index (χ3n) is 3.90. The summed E-state index contributed by atoms with van der Waals surface area (Å²) in [6.45, 7) is 2.52. The summed E-state index contributed by atoms with van der Waals surface area (Å²) >= 11 is 0. The van der Waals surface area contributed by atoms with Crippen molar-refractivity contribution in [1.29, 1.82) is 0 Å². The summed E-state index contributed by atoms with van der Waals surface area (Å²) < 4.78 is 5.35. The Morgan fingerprint density at radius 2 is 2.07 bits per heavy atom. The van der Waals surface area contributed by atoms with Crippen LogP contribution >= 0.6 is 0 Å². The maximum atomic E-state index is 10.9. The fourth-order valence-electron chi connectivity index (χ4n) is 2.43. The molecule has 2 aromatic rings. The van der Waals surface area contributed by atoms with Crippen molar-refractivity contribution in [3.05, 3.63) is 33.9 Å². The molecule has 0 atom stereocenters. The lowest BCUT2D eigenvalue weighted by molar-refractivity contribution is -0.384. The van der Waals surface area contributed by atoms with E-state index in [0.717, 1.165) is 0 Å². The molecule has 0 amide bonds. The highest BCUT2D eigenvalue weighted by molar-refractivity contribution is 5.84. The first kappa shape index (κ1) is 19.2. The highest BCUT2D eigenvalue weighted by atomic mass is 16.6. The standard InChI is InChI=1S/C16H20N8O4/c1-22(2)15-18-14(19-16(20-15)23-5-7-28-8-6-23)21-17-10-11-9-12(24(26)27)3-4-13(11)25/h3-4,9-10,25H,5-8H2,1-2H3,(H,18,19,20,21)/b17-10+. The van der Waals surface area contributed by atoms with Crippen LogP contribution in [0.25, 0.3) is 0 Å². The van der Waals surface area contributed by atoms with Gasteiger partial charge in [0.05, 0.1) is 24.4 Å². The predicted octanol–water partition coefficient (Wildman–Crippen LogP) is 0.834. The number of hydrazone groups is 1. The third kappa shape index (κ3) is 4.59. The van der Waals surface area contributed by atoms with Crippen LogP contribution in [0.5, 0.6) is 5.75 Å². The lowest BCUT2D eigenvalue weighted by Gasteiger charge is -2.27. The van der Waals surface area contributed by atoms with Crippen LogP contribution in [-0.4, -0.2) is 71.6 Å². The van der Waals surface area contributed by atoms with Crippen molar-refractivity contribution >= 4 is 29.7 Å². The molecule has 0 saturated carbocycles. The second kappa shape index (κ2) is 8.43. The van der Waals surface area contributed by atoms with Crippen molar-refractivity contribution in [3.8, 4) is 5.75 Å². The SMILES string of the molecule is CN(C)c1nc(N/N=C/c2cc([N+](=O)[O-])ccc2O)nc(N2CCOCC2)n1. The van der Waals surface area contributed by atoms with Crippen molar-refractivity contribution in [2.24, 2.45) is 5.10 Å². The van der Waals surface area contributed by atoms with E-state index in [1.165, 1.54) is 24.4 Å². The lowest BCUT2D eigenvalue weighted by atomic mass is 10.2. The number of hydrogen-bond acceptors (Lipinski definition) is 11. The van der Waals surface area contributed by atoms with Crippen molar-refractivity contribution in [2.75, 3.05) is 55.6 Å². The minimum Gasteiger partial charge on any atom is -0.507 e. The van der Waals surface area contributed by atoms with Gasteiger partial charge in [0, 0.05) is 44.9 Å². The maximum absolute atomic E-state index is 10.9. The summed E-state index contributed by atoms with van der Waals surface area (Å²) in [6, 6.07) is 3.67. The van der Waals surface area contributed by atoms with E-state index in [1.54, 1.807) is 4.90 Å². The molecule has 1 aliphatic heterocycles. The zero-order valence-electron chi connectivity index (χ0n) is 15.4. The summed E-state index contributed by atoms with van der Waals surface area (Å²) in [6.07, 6.45) is 1.26. The number of nitrogens with one attached hydrogen (secondary N) is 1. The van der Waals surface area contributed by atoms with E-state index >= 15 is 0 Å². The average molecular weight is 388 g/mol. The first-order valence-electron chi connectivity index (χ1n) is 8.46. The van der Waals surface area contributed by atoms with E-state index in [1.807, 2.05) is 19.0 Å². The van der Waals surface area contributed by atoms with Crippen LogP contribution in [0, 0.1) is 10.1 Å². The Labute approximate surface area is 160 Å². The van der Waals surface area contributed by atoms with E-state index in [4.69, 9.17) is 4.74 Å². The number of phenolic OH excluding ortho intramolecular Hbond substituents is 1. The Hall–Kier alpha value is -3.54. The van der Waals surface area contributed by atoms with Crippen LogP contribution in [0.2, 0.25) is 0 Å². The number of morpholine rings is 1. The van der Waals surface area contributed by atoms with Crippen molar-refractivity contribution < 1.29 is 14.8 Å². The van der Waals surface area contributed by atoms with Gasteiger partial charge >= 0.3 is 0 Å². The highest BCUT2D eigenvalue weighted by Gasteiger charge is 2.17. The molecule has 2 N–H and O–H groups in total. The predicted molar refractivity (Wildman–Crippen MR) is 103 cm³/mol. The van der Waals surface area contributed by atoms with Crippen LogP contribution < -0.4 is 15.2 Å². The van der Waals surface area contributed by atoms with Gasteiger partial charge in [0.2, 0.25) is 17.8 Å². The number of nitrogens with zero attached hydrogens (tertiary/aromatic N) is 7. The topological polar surface area (TPSA) is 142 Å². The molecule has 148 valence electrons. The number of rotatable bonds is 6. The largest absolute Gasteiger partial charge is 0.507 e. The van der Waals surface area contributed by atoms with Gasteiger partial charge < -0.3 is 19.6 Å². The molecule has 3 rings (SSSR count). The summed E-state index contributed by atoms with van der Waals surface area (Å²) in [5.41, 5.74) is 2.73. The number of ether oxygens (including phenoxy) is 1. The molecule has 0 radical (unpaired) electrons. The Bertz CT molecular complexity index is 883. The van der Waals surface area contributed by atoms with Gasteiger partial charge in [-0.1, -0.05) is 0 Å². The first-order valence-corrected chi connectivity index (χ1v) is 8.46. The molecular weight excluding hydrogens is 368 g/mol. The van der Waals surface area contributed by atoms with Crippen molar-refractivity contribution in [3.63, 3.8) is 0 Å². The Morgan fingerprint density at radius 1 is 1.32 bits per heavy atom. The van der Waals surface area contributed by atoms with Gasteiger partial charge in [-0.2, -0.15) is 20.1 Å². The number of phenols is 1. The summed E-state index contributed by atoms with van der Waals surface area (Å²) in [4.78, 5) is 27.1. The number of non-ortho nitro benzene ring substituents is 1. The molecule has 0 aliphatic carbocycles. The van der Waals surface area contributed by atoms with Gasteiger partial charge in [-0.05, 0) is 6.07 Å². The molecule has 0 spiro atoms. The fraction of sp³-hybridized carbons (Fsp3) is 0.375. The third-order valence-corrected chi connectivity index (χ3v) is 3.90. The van der Waals surface area contributed by atoms with E-state index in [0.29, 0.717) is 38.2 Å². The molecule has 0 unspecified atom stereocenters. The Balaban J connectivity index is 1.81. The molecular formula is C16H20N8O4. The summed E-state index contributed by atoms with van der Waals surface area (Å²) in [7, 11) is 3.62. The number of nitro benzene ring substituents is 1. The van der Waals surface area contributed by atoms with Crippen LogP contribution in [0.15, 0.2) is 23.3 Å². The molecule has 1 aliphatic rings. The van der Waals surface area contributed by atoms with Gasteiger partial charge in [-0.25, -0.2) is 5.43 Å². The fourth-order valence-corrected chi connectivity index (χ4v) is 2.43. The number of nitro groups is 1. The van der Waals surface area contributed by atoms with E-state index in [2.05, 4.69) is 25.5 Å². The maximum Gasteiger partial charge on any atom is 0.270 e. The van der Waals surface area contributed by atoms with E-state index in [-0.39, 0.29) is 22.9 Å². The zero-order chi connectivity index (χ0) is 20.1. The molecule has 1 fully saturated rings. The van der Waals surface area contributed by atoms with Gasteiger partial charge in [0.15, 0.2) is 0 Å². The van der Waals surface area contributed by atoms with E-state index in [9.17, 15) is 15.2 Å². The number of aromatic nitrogens is 3. The molecule has 12 nitrogen and oxygen atoms in total. The first-order chi connectivity index (χ1) is 13.4. The highest BCUT2D eigenvalue weighted by Crippen LogP contribution is 2.21. The normalized spacial score (nSPS) is 14.3. The van der Waals surface area contributed by atoms with Crippen LogP contribution in [0.1, 0.15) is 5.56 Å². The van der Waals surface area contributed by atoms with Crippen LogP contribution in [0.4, 0.5) is 23.5 Å². The molecule has 2 heterocycles. The Morgan fingerprint density at radius 3 is 2.75 bits per heavy atom. The smallest absolute Gasteiger partial charge is 0.270 e. The molecule has 0 bridgehead atoms. The van der Waals surface area contributed by atoms with Crippen LogP contribution in [0.3, 0.4) is 0 Å². The minimum absolute atomic E-state index is 0.130. The summed E-state index contributed by atoms with van der Waals surface area (Å²) in [5, 5.41) is 24.7. The number of anilines is 3. The van der Waals surface area contributed by atoms with Gasteiger partial charge in [-0.3, -0.25) is 10.1 Å². The molecule has 28 heavy (non-hydrogen) atoms. The molecule has 1 aromatic carbocycles. The average Bonchev–Trinajstić information content (AvgIpc) is 2.69. The van der Waals surface area contributed by atoms with E-state index < -0.39 is 4.92 Å². The minimum atomic E-state index is -0.547. The van der Waals surface area contributed by atoms with Gasteiger partial charge in [0.25, 0.3) is 5.69 Å². The second-order valence-corrected chi connectivity index (χ2v) is 6.12. The van der Waals surface area contributed by atoms with Crippen molar-refractivity contribution in [2.45, 2.75) is 0 Å². The number of aromatic hydroxyl groups is 1. The lowest BCUT2D eigenvalue weighted by Crippen LogP contribution is -2.37. The van der Waals surface area contributed by atoms with Gasteiger partial charge in [0.1, 0.15) is 5.75 Å². The number of benzene rings is 1. The zero-order valence-corrected chi connectivity index (χ0v) is 15.4. The quantitative estimate of drug-likeness (QED) is 0.415. The molecule has 1 saturated heterocycles. The van der Waals surface area contributed by atoms with Gasteiger partial charge in [-0.15, -0.1) is 0 Å². The van der Waals surface area contributed by atoms with Crippen LogP contribution in [-0.2, 0) is 4.74 Å². The molecule has 1 aromatic heterocycles. The monoisotopic (exact) mass is 388 g/mol.